The van der Waals surface area contributed by atoms with Gasteiger partial charge >= 0.3 is 5.97 Å². The van der Waals surface area contributed by atoms with Crippen molar-refractivity contribution in [2.45, 2.75) is 19.9 Å². The minimum atomic E-state index is -1.23. The van der Waals surface area contributed by atoms with Crippen LogP contribution < -0.4 is 5.32 Å². The molecule has 2 aromatic carbocycles. The minimum absolute atomic E-state index is 0.176. The van der Waals surface area contributed by atoms with E-state index in [2.05, 4.69) is 5.32 Å². The summed E-state index contributed by atoms with van der Waals surface area (Å²) in [4.78, 5) is 23.5. The van der Waals surface area contributed by atoms with Crippen LogP contribution in [0.3, 0.4) is 0 Å². The van der Waals surface area contributed by atoms with Gasteiger partial charge < -0.3 is 10.4 Å². The van der Waals surface area contributed by atoms with Crippen LogP contribution in [0, 0.1) is 19.7 Å². The van der Waals surface area contributed by atoms with Crippen LogP contribution in [0.4, 0.5) is 4.39 Å². The number of carbonyl (C=O) groups is 2. The first-order valence-corrected chi connectivity index (χ1v) is 6.75. The molecule has 0 aliphatic rings. The van der Waals surface area contributed by atoms with E-state index >= 15 is 0 Å². The van der Waals surface area contributed by atoms with Gasteiger partial charge in [0.2, 0.25) is 0 Å². The fourth-order valence-corrected chi connectivity index (χ4v) is 2.15. The van der Waals surface area contributed by atoms with Crippen LogP contribution in [0.15, 0.2) is 42.5 Å². The Bertz CT molecular complexity index is 728. The highest BCUT2D eigenvalue weighted by molar-refractivity contribution is 5.97. The number of carboxylic acids is 1. The van der Waals surface area contributed by atoms with Crippen LogP contribution in [0.25, 0.3) is 0 Å². The Balaban J connectivity index is 2.28. The molecule has 0 radical (unpaired) electrons. The predicted octanol–water partition coefficient (Wildman–Crippen LogP) is 3.00. The summed E-state index contributed by atoms with van der Waals surface area (Å²) in [6.45, 7) is 3.53. The van der Waals surface area contributed by atoms with Crippen LogP contribution >= 0.6 is 0 Å². The maximum Gasteiger partial charge on any atom is 0.330 e. The van der Waals surface area contributed by atoms with Crippen molar-refractivity contribution >= 4 is 11.9 Å². The molecule has 1 amide bonds. The summed E-state index contributed by atoms with van der Waals surface area (Å²) in [5, 5.41) is 11.7. The van der Waals surface area contributed by atoms with Gasteiger partial charge in [0.15, 0.2) is 6.04 Å². The summed E-state index contributed by atoms with van der Waals surface area (Å²) < 4.78 is 13.8. The van der Waals surface area contributed by atoms with Gasteiger partial charge in [-0.05, 0) is 37.1 Å². The molecule has 5 heteroatoms. The van der Waals surface area contributed by atoms with Gasteiger partial charge in [-0.3, -0.25) is 4.79 Å². The van der Waals surface area contributed by atoms with E-state index in [0.29, 0.717) is 11.1 Å². The van der Waals surface area contributed by atoms with Crippen molar-refractivity contribution in [3.05, 3.63) is 70.5 Å². The lowest BCUT2D eigenvalue weighted by atomic mass is 10.0. The van der Waals surface area contributed by atoms with E-state index in [1.165, 1.54) is 12.1 Å². The largest absolute Gasteiger partial charge is 0.479 e. The van der Waals surface area contributed by atoms with Crippen molar-refractivity contribution < 1.29 is 19.1 Å². The lowest BCUT2D eigenvalue weighted by Crippen LogP contribution is -2.34. The van der Waals surface area contributed by atoms with Crippen LogP contribution in [0.2, 0.25) is 0 Å². The molecule has 0 unspecified atom stereocenters. The molecule has 0 bridgehead atoms. The molecule has 0 spiro atoms. The molecule has 2 rings (SSSR count). The van der Waals surface area contributed by atoms with Crippen molar-refractivity contribution in [1.82, 2.24) is 5.32 Å². The number of carbonyl (C=O) groups excluding carboxylic acids is 1. The lowest BCUT2D eigenvalue weighted by molar-refractivity contribution is -0.139. The Hall–Kier alpha value is -2.69. The van der Waals surface area contributed by atoms with Crippen LogP contribution in [0.1, 0.15) is 33.1 Å². The van der Waals surface area contributed by atoms with Crippen LogP contribution in [-0.2, 0) is 4.79 Å². The molecule has 2 aromatic rings. The van der Waals surface area contributed by atoms with E-state index in [0.717, 1.165) is 5.56 Å². The molecule has 4 nitrogen and oxygen atoms in total. The average molecular weight is 301 g/mol. The first-order valence-electron chi connectivity index (χ1n) is 6.75. The Morgan fingerprint density at radius 3 is 2.36 bits per heavy atom. The number of hydrogen-bond donors (Lipinski definition) is 2. The quantitative estimate of drug-likeness (QED) is 0.912. The van der Waals surface area contributed by atoms with Gasteiger partial charge in [0.05, 0.1) is 5.56 Å². The number of aliphatic carboxylic acids is 1. The van der Waals surface area contributed by atoms with E-state index in [9.17, 15) is 19.1 Å². The average Bonchev–Trinajstić information content (AvgIpc) is 2.44. The van der Waals surface area contributed by atoms with Crippen LogP contribution in [0.5, 0.6) is 0 Å². The van der Waals surface area contributed by atoms with Crippen molar-refractivity contribution in [2.75, 3.05) is 0 Å². The van der Waals surface area contributed by atoms with Gasteiger partial charge in [-0.15, -0.1) is 0 Å². The van der Waals surface area contributed by atoms with Gasteiger partial charge in [-0.2, -0.15) is 0 Å². The van der Waals surface area contributed by atoms with E-state index in [4.69, 9.17) is 0 Å². The zero-order valence-corrected chi connectivity index (χ0v) is 12.3. The Morgan fingerprint density at radius 1 is 1.09 bits per heavy atom. The molecule has 114 valence electrons. The summed E-state index contributed by atoms with van der Waals surface area (Å²) in [6, 6.07) is 9.76. The third kappa shape index (κ3) is 3.49. The SMILES string of the molecule is Cc1cccc([C@H](NC(=O)c2ccc(C)cc2F)C(=O)O)c1. The maximum absolute atomic E-state index is 13.8. The van der Waals surface area contributed by atoms with Crippen molar-refractivity contribution in [1.29, 1.82) is 0 Å². The smallest absolute Gasteiger partial charge is 0.330 e. The molecule has 0 aliphatic heterocycles. The van der Waals surface area contributed by atoms with Crippen LogP contribution in [-0.4, -0.2) is 17.0 Å². The molecule has 1 atom stereocenters. The zero-order chi connectivity index (χ0) is 16.3. The zero-order valence-electron chi connectivity index (χ0n) is 12.3. The summed E-state index contributed by atoms with van der Waals surface area (Å²) >= 11 is 0. The van der Waals surface area contributed by atoms with Crippen molar-refractivity contribution in [2.24, 2.45) is 0 Å². The fraction of sp³-hybridized carbons (Fsp3) is 0.176. The topological polar surface area (TPSA) is 66.4 Å². The number of amides is 1. The first kappa shape index (κ1) is 15.7. The summed E-state index contributed by atoms with van der Waals surface area (Å²) in [5.41, 5.74) is 1.82. The molecule has 0 saturated carbocycles. The molecule has 0 aliphatic carbocycles. The van der Waals surface area contributed by atoms with Gasteiger partial charge in [-0.25, -0.2) is 9.18 Å². The van der Waals surface area contributed by atoms with Gasteiger partial charge in [0.25, 0.3) is 5.91 Å². The van der Waals surface area contributed by atoms with Gasteiger partial charge in [0, 0.05) is 0 Å². The lowest BCUT2D eigenvalue weighted by Gasteiger charge is -2.16. The third-order valence-electron chi connectivity index (χ3n) is 3.27. The second-order valence-electron chi connectivity index (χ2n) is 5.14. The third-order valence-corrected chi connectivity index (χ3v) is 3.27. The summed E-state index contributed by atoms with van der Waals surface area (Å²) in [6.07, 6.45) is 0. The number of hydrogen-bond acceptors (Lipinski definition) is 2. The molecule has 0 fully saturated rings. The molecule has 2 N–H and O–H groups in total. The number of rotatable bonds is 4. The monoisotopic (exact) mass is 301 g/mol. The van der Waals surface area contributed by atoms with E-state index < -0.39 is 23.7 Å². The number of halogens is 1. The second-order valence-corrected chi connectivity index (χ2v) is 5.14. The van der Waals surface area contributed by atoms with Gasteiger partial charge in [0.1, 0.15) is 5.82 Å². The molecular formula is C17H16FNO3. The van der Waals surface area contributed by atoms with E-state index in [1.54, 1.807) is 31.2 Å². The Labute approximate surface area is 127 Å². The van der Waals surface area contributed by atoms with E-state index in [-0.39, 0.29) is 5.56 Å². The predicted molar refractivity (Wildman–Crippen MR) is 80.2 cm³/mol. The normalized spacial score (nSPS) is 11.8. The Kier molecular flexibility index (Phi) is 4.56. The molecule has 22 heavy (non-hydrogen) atoms. The highest BCUT2D eigenvalue weighted by atomic mass is 19.1. The summed E-state index contributed by atoms with van der Waals surface area (Å²) in [7, 11) is 0. The maximum atomic E-state index is 13.8. The number of nitrogens with one attached hydrogen (secondary N) is 1. The number of benzene rings is 2. The number of aryl methyl sites for hydroxylation is 2. The first-order chi connectivity index (χ1) is 10.4. The minimum Gasteiger partial charge on any atom is -0.479 e. The second kappa shape index (κ2) is 6.39. The summed E-state index contributed by atoms with van der Waals surface area (Å²) in [5.74, 6) is -2.64. The number of carboxylic acid groups (broad SMARTS) is 1. The molecule has 0 aromatic heterocycles. The van der Waals surface area contributed by atoms with E-state index in [1.807, 2.05) is 13.0 Å². The van der Waals surface area contributed by atoms with Gasteiger partial charge in [-0.1, -0.05) is 35.9 Å². The highest BCUT2D eigenvalue weighted by Crippen LogP contribution is 2.17. The molecule has 0 saturated heterocycles. The fourth-order valence-electron chi connectivity index (χ4n) is 2.15. The highest BCUT2D eigenvalue weighted by Gasteiger charge is 2.24. The van der Waals surface area contributed by atoms with Crippen molar-refractivity contribution in [3.8, 4) is 0 Å². The molecular weight excluding hydrogens is 285 g/mol. The standard InChI is InChI=1S/C17H16FNO3/c1-10-4-3-5-12(8-10)15(17(21)22)19-16(20)13-7-6-11(2)9-14(13)18/h3-9,15H,1-2H3,(H,19,20)(H,21,22)/t15-/m0/s1. The van der Waals surface area contributed by atoms with Crippen molar-refractivity contribution in [3.63, 3.8) is 0 Å². The Morgan fingerprint density at radius 2 is 1.77 bits per heavy atom. The molecule has 0 heterocycles.